The summed E-state index contributed by atoms with van der Waals surface area (Å²) in [6, 6.07) is 11.6. The first kappa shape index (κ1) is 27.3. The van der Waals surface area contributed by atoms with Crippen molar-refractivity contribution >= 4 is 27.5 Å². The molecule has 1 N–H and O–H groups in total. The quantitative estimate of drug-likeness (QED) is 0.581. The van der Waals surface area contributed by atoms with E-state index in [1.165, 1.54) is 29.2 Å². The summed E-state index contributed by atoms with van der Waals surface area (Å²) in [5.74, 6) is -1.29. The molecule has 2 amide bonds. The number of carbonyl (C=O) groups is 2. The van der Waals surface area contributed by atoms with Crippen LogP contribution in [-0.4, -0.2) is 49.5 Å². The molecule has 0 aliphatic heterocycles. The molecule has 1 atom stereocenters. The lowest BCUT2D eigenvalue weighted by atomic mass is 10.1. The summed E-state index contributed by atoms with van der Waals surface area (Å²) in [5.41, 5.74) is 1.41. The number of halogens is 1. The minimum absolute atomic E-state index is 0.0285. The molecule has 0 saturated carbocycles. The van der Waals surface area contributed by atoms with E-state index in [1.807, 2.05) is 27.7 Å². The molecule has 0 bridgehead atoms. The summed E-state index contributed by atoms with van der Waals surface area (Å²) in [6.07, 6.45) is 1.35. The Hall–Kier alpha value is -2.94. The number of amides is 2. The van der Waals surface area contributed by atoms with Crippen molar-refractivity contribution in [1.29, 1.82) is 0 Å². The Morgan fingerprint density at radius 2 is 1.59 bits per heavy atom. The van der Waals surface area contributed by atoms with E-state index >= 15 is 0 Å². The Morgan fingerprint density at radius 3 is 2.06 bits per heavy atom. The number of hydrogen-bond acceptors (Lipinski definition) is 4. The first-order valence-electron chi connectivity index (χ1n) is 11.1. The van der Waals surface area contributed by atoms with Crippen LogP contribution in [0.4, 0.5) is 10.1 Å². The van der Waals surface area contributed by atoms with Crippen LogP contribution >= 0.6 is 0 Å². The van der Waals surface area contributed by atoms with E-state index in [-0.39, 0.29) is 12.5 Å². The normalized spacial score (nSPS) is 12.7. The van der Waals surface area contributed by atoms with Gasteiger partial charge in [-0.25, -0.2) is 12.8 Å². The fourth-order valence-electron chi connectivity index (χ4n) is 3.48. The number of anilines is 1. The van der Waals surface area contributed by atoms with E-state index in [0.29, 0.717) is 17.7 Å². The number of carbonyl (C=O) groups excluding carboxylic acids is 2. The minimum atomic E-state index is -3.78. The lowest BCUT2D eigenvalue weighted by molar-refractivity contribution is -0.141. The minimum Gasteiger partial charge on any atom is -0.350 e. The van der Waals surface area contributed by atoms with Gasteiger partial charge in [0, 0.05) is 12.1 Å². The zero-order valence-corrected chi connectivity index (χ0v) is 21.4. The maximum atomic E-state index is 13.5. The van der Waals surface area contributed by atoms with Crippen LogP contribution in [0.2, 0.25) is 0 Å². The number of rotatable bonds is 9. The van der Waals surface area contributed by atoms with Gasteiger partial charge in [-0.3, -0.25) is 13.9 Å². The van der Waals surface area contributed by atoms with Crippen molar-refractivity contribution < 1.29 is 22.4 Å². The van der Waals surface area contributed by atoms with Crippen molar-refractivity contribution in [2.45, 2.75) is 59.2 Å². The average molecular weight is 492 g/mol. The van der Waals surface area contributed by atoms with Gasteiger partial charge >= 0.3 is 0 Å². The van der Waals surface area contributed by atoms with Crippen LogP contribution in [0.15, 0.2) is 48.5 Å². The van der Waals surface area contributed by atoms with Gasteiger partial charge in [-0.15, -0.1) is 0 Å². The highest BCUT2D eigenvalue weighted by Gasteiger charge is 2.33. The number of benzene rings is 2. The average Bonchev–Trinajstić information content (AvgIpc) is 2.72. The molecule has 2 rings (SSSR count). The Labute approximate surface area is 202 Å². The van der Waals surface area contributed by atoms with Gasteiger partial charge in [-0.1, -0.05) is 36.8 Å². The van der Waals surface area contributed by atoms with Crippen LogP contribution < -0.4 is 9.62 Å². The topological polar surface area (TPSA) is 86.8 Å². The summed E-state index contributed by atoms with van der Waals surface area (Å²) in [4.78, 5) is 28.0. The molecular formula is C25H34FN3O4S. The highest BCUT2D eigenvalue weighted by Crippen LogP contribution is 2.20. The van der Waals surface area contributed by atoms with Crippen LogP contribution in [0, 0.1) is 12.7 Å². The number of nitrogens with one attached hydrogen (secondary N) is 1. The molecule has 34 heavy (non-hydrogen) atoms. The largest absolute Gasteiger partial charge is 0.350 e. The van der Waals surface area contributed by atoms with Gasteiger partial charge in [0.2, 0.25) is 21.8 Å². The van der Waals surface area contributed by atoms with Gasteiger partial charge in [0.25, 0.3) is 0 Å². The SMILES string of the molecule is CC[C@H](C(=O)NC(C)(C)C)N(Cc1ccc(F)cc1)C(=O)CN(c1ccc(C)cc1)S(C)(=O)=O. The Morgan fingerprint density at radius 1 is 1.03 bits per heavy atom. The van der Waals surface area contributed by atoms with Gasteiger partial charge in [-0.2, -0.15) is 0 Å². The van der Waals surface area contributed by atoms with Gasteiger partial charge in [0.1, 0.15) is 18.4 Å². The summed E-state index contributed by atoms with van der Waals surface area (Å²) < 4.78 is 39.6. The number of hydrogen-bond donors (Lipinski definition) is 1. The predicted molar refractivity (Wildman–Crippen MR) is 132 cm³/mol. The van der Waals surface area contributed by atoms with Crippen molar-refractivity contribution in [3.05, 3.63) is 65.5 Å². The van der Waals surface area contributed by atoms with Crippen LogP contribution in [0.3, 0.4) is 0 Å². The van der Waals surface area contributed by atoms with Gasteiger partial charge in [0.05, 0.1) is 11.9 Å². The molecule has 0 heterocycles. The molecule has 0 unspecified atom stereocenters. The Bertz CT molecular complexity index is 1090. The van der Waals surface area contributed by atoms with Gasteiger partial charge < -0.3 is 10.2 Å². The highest BCUT2D eigenvalue weighted by atomic mass is 32.2. The monoisotopic (exact) mass is 491 g/mol. The van der Waals surface area contributed by atoms with E-state index in [1.54, 1.807) is 31.2 Å². The van der Waals surface area contributed by atoms with Crippen molar-refractivity contribution in [3.63, 3.8) is 0 Å². The zero-order chi connectivity index (χ0) is 25.7. The third-order valence-electron chi connectivity index (χ3n) is 5.15. The third-order valence-corrected chi connectivity index (χ3v) is 6.29. The zero-order valence-electron chi connectivity index (χ0n) is 20.6. The summed E-state index contributed by atoms with van der Waals surface area (Å²) in [7, 11) is -3.78. The van der Waals surface area contributed by atoms with Gasteiger partial charge in [-0.05, 0) is 63.9 Å². The fourth-order valence-corrected chi connectivity index (χ4v) is 4.33. The molecule has 2 aromatic rings. The van der Waals surface area contributed by atoms with Gasteiger partial charge in [0.15, 0.2) is 0 Å². The molecule has 0 fully saturated rings. The predicted octanol–water partition coefficient (Wildman–Crippen LogP) is 3.62. The van der Waals surface area contributed by atoms with E-state index < -0.39 is 39.9 Å². The Balaban J connectivity index is 2.43. The smallest absolute Gasteiger partial charge is 0.244 e. The van der Waals surface area contributed by atoms with Crippen molar-refractivity contribution in [1.82, 2.24) is 10.2 Å². The molecule has 0 aliphatic rings. The maximum Gasteiger partial charge on any atom is 0.244 e. The summed E-state index contributed by atoms with van der Waals surface area (Å²) in [5, 5.41) is 2.90. The molecule has 7 nitrogen and oxygen atoms in total. The number of aryl methyl sites for hydroxylation is 1. The van der Waals surface area contributed by atoms with Crippen LogP contribution in [-0.2, 0) is 26.2 Å². The first-order valence-corrected chi connectivity index (χ1v) is 13.0. The molecular weight excluding hydrogens is 457 g/mol. The molecule has 0 spiro atoms. The van der Waals surface area contributed by atoms with E-state index in [9.17, 15) is 22.4 Å². The molecule has 186 valence electrons. The molecule has 0 aromatic heterocycles. The van der Waals surface area contributed by atoms with E-state index in [2.05, 4.69) is 5.32 Å². The fraction of sp³-hybridized carbons (Fsp3) is 0.440. The second-order valence-corrected chi connectivity index (χ2v) is 11.3. The standard InChI is InChI=1S/C25H34FN3O4S/c1-7-22(24(31)27-25(3,4)5)28(16-19-10-12-20(26)13-11-19)23(30)17-29(34(6,32)33)21-14-8-18(2)9-15-21/h8-15,22H,7,16-17H2,1-6H3,(H,27,31)/t22-/m1/s1. The van der Waals surface area contributed by atoms with Crippen molar-refractivity contribution in [2.75, 3.05) is 17.1 Å². The highest BCUT2D eigenvalue weighted by molar-refractivity contribution is 7.92. The Kier molecular flexibility index (Phi) is 8.83. The van der Waals surface area contributed by atoms with E-state index in [4.69, 9.17) is 0 Å². The van der Waals surface area contributed by atoms with Crippen molar-refractivity contribution in [2.24, 2.45) is 0 Å². The second-order valence-electron chi connectivity index (χ2n) is 9.42. The molecule has 2 aromatic carbocycles. The lowest BCUT2D eigenvalue weighted by Gasteiger charge is -2.34. The molecule has 0 saturated heterocycles. The molecule has 9 heteroatoms. The van der Waals surface area contributed by atoms with Crippen LogP contribution in [0.25, 0.3) is 0 Å². The number of sulfonamides is 1. The lowest BCUT2D eigenvalue weighted by Crippen LogP contribution is -2.55. The van der Waals surface area contributed by atoms with E-state index in [0.717, 1.165) is 16.1 Å². The maximum absolute atomic E-state index is 13.5. The molecule has 0 aliphatic carbocycles. The van der Waals surface area contributed by atoms with Crippen LogP contribution in [0.5, 0.6) is 0 Å². The summed E-state index contributed by atoms with van der Waals surface area (Å²) >= 11 is 0. The first-order chi connectivity index (χ1) is 15.7. The second kappa shape index (κ2) is 11.0. The van der Waals surface area contributed by atoms with Crippen LogP contribution in [0.1, 0.15) is 45.2 Å². The number of nitrogens with zero attached hydrogens (tertiary/aromatic N) is 2. The summed E-state index contributed by atoms with van der Waals surface area (Å²) in [6.45, 7) is 8.74. The molecule has 0 radical (unpaired) electrons. The third kappa shape index (κ3) is 7.83. The van der Waals surface area contributed by atoms with Crippen molar-refractivity contribution in [3.8, 4) is 0 Å².